The molecule has 1 rings (SSSR count). The molecule has 5 N–H and O–H groups in total. The van der Waals surface area contributed by atoms with Crippen molar-refractivity contribution in [3.8, 4) is 0 Å². The summed E-state index contributed by atoms with van der Waals surface area (Å²) < 4.78 is 15.7. The molecule has 9 nitrogen and oxygen atoms in total. The summed E-state index contributed by atoms with van der Waals surface area (Å²) in [6.45, 7) is 0.851. The van der Waals surface area contributed by atoms with Gasteiger partial charge in [0.15, 0.2) is 6.29 Å². The van der Waals surface area contributed by atoms with Gasteiger partial charge in [-0.2, -0.15) is 0 Å². The molecule has 0 amide bonds. The summed E-state index contributed by atoms with van der Waals surface area (Å²) in [7, 11) is 0. The van der Waals surface area contributed by atoms with E-state index in [1.54, 1.807) is 0 Å². The zero-order chi connectivity index (χ0) is 21.6. The lowest BCUT2D eigenvalue weighted by Crippen LogP contribution is -2.60. The van der Waals surface area contributed by atoms with Crippen molar-refractivity contribution in [2.75, 3.05) is 19.8 Å². The Bertz CT molecular complexity index is 430. The van der Waals surface area contributed by atoms with E-state index in [1.807, 2.05) is 0 Å². The van der Waals surface area contributed by atoms with Crippen molar-refractivity contribution in [2.45, 2.75) is 102 Å². The zero-order valence-electron chi connectivity index (χ0n) is 17.3. The molecule has 29 heavy (non-hydrogen) atoms. The van der Waals surface area contributed by atoms with E-state index in [4.69, 9.17) is 24.4 Å². The number of ether oxygens (including phenoxy) is 3. The lowest BCUT2D eigenvalue weighted by molar-refractivity contribution is -0.315. The lowest BCUT2D eigenvalue weighted by atomic mass is 9.99. The number of unbranched alkanes of at least 4 members (excludes halogenated alkanes) is 7. The van der Waals surface area contributed by atoms with Crippen LogP contribution in [0.2, 0.25) is 0 Å². The number of hydrogen-bond acceptors (Lipinski definition) is 9. The van der Waals surface area contributed by atoms with E-state index in [0.29, 0.717) is 0 Å². The molecule has 0 aromatic carbocycles. The number of aliphatic hydroxyl groups is 5. The monoisotopic (exact) mass is 422 g/mol. The van der Waals surface area contributed by atoms with E-state index in [-0.39, 0.29) is 13.0 Å². The molecule has 0 spiro atoms. The predicted molar refractivity (Wildman–Crippen MR) is 104 cm³/mol. The maximum atomic E-state index is 11.9. The fourth-order valence-electron chi connectivity index (χ4n) is 3.15. The van der Waals surface area contributed by atoms with Crippen LogP contribution in [0.5, 0.6) is 0 Å². The fraction of sp³-hybridized carbons (Fsp3) is 0.950. The minimum atomic E-state index is -1.58. The molecular weight excluding hydrogens is 384 g/mol. The topological polar surface area (TPSA) is 146 Å². The summed E-state index contributed by atoms with van der Waals surface area (Å²) in [5.74, 6) is -0.423. The molecule has 1 heterocycles. The minimum absolute atomic E-state index is 0.264. The van der Waals surface area contributed by atoms with Gasteiger partial charge in [0, 0.05) is 6.42 Å². The highest BCUT2D eigenvalue weighted by Gasteiger charge is 2.45. The number of aliphatic hydroxyl groups excluding tert-OH is 5. The molecule has 9 heteroatoms. The van der Waals surface area contributed by atoms with Crippen LogP contribution < -0.4 is 0 Å². The van der Waals surface area contributed by atoms with Gasteiger partial charge in [0.25, 0.3) is 0 Å². The molecule has 0 aromatic rings. The van der Waals surface area contributed by atoms with Crippen molar-refractivity contribution in [1.29, 1.82) is 0 Å². The van der Waals surface area contributed by atoms with Crippen LogP contribution in [0.3, 0.4) is 0 Å². The normalized spacial score (nSPS) is 27.3. The first-order chi connectivity index (χ1) is 13.9. The van der Waals surface area contributed by atoms with Crippen LogP contribution in [0.4, 0.5) is 0 Å². The summed E-state index contributed by atoms with van der Waals surface area (Å²) in [4.78, 5) is 11.9. The molecule has 0 bridgehead atoms. The molecule has 0 saturated carbocycles. The smallest absolute Gasteiger partial charge is 0.305 e. The Kier molecular flexibility index (Phi) is 13.6. The second-order valence-electron chi connectivity index (χ2n) is 7.55. The molecule has 5 atom stereocenters. The SMILES string of the molecule is CCCCCCCCCCC(=O)OC[C@H]1O[C@@H](OC(CO)CO)[C@H](O)[C@@H](O)[C@H]1O. The fourth-order valence-corrected chi connectivity index (χ4v) is 3.15. The van der Waals surface area contributed by atoms with Gasteiger partial charge < -0.3 is 39.7 Å². The van der Waals surface area contributed by atoms with Crippen LogP contribution in [-0.4, -0.2) is 88.1 Å². The van der Waals surface area contributed by atoms with E-state index < -0.39 is 56.0 Å². The first kappa shape index (κ1) is 26.2. The van der Waals surface area contributed by atoms with Crippen LogP contribution in [0.15, 0.2) is 0 Å². The van der Waals surface area contributed by atoms with Gasteiger partial charge in [0.05, 0.1) is 13.2 Å². The second-order valence-corrected chi connectivity index (χ2v) is 7.55. The van der Waals surface area contributed by atoms with Crippen LogP contribution in [-0.2, 0) is 19.0 Å². The molecular formula is C20H38O9. The van der Waals surface area contributed by atoms with Crippen molar-refractivity contribution in [3.05, 3.63) is 0 Å². The van der Waals surface area contributed by atoms with Gasteiger partial charge in [-0.1, -0.05) is 51.9 Å². The Hall–Kier alpha value is -0.810. The minimum Gasteiger partial charge on any atom is -0.463 e. The molecule has 1 saturated heterocycles. The lowest BCUT2D eigenvalue weighted by Gasteiger charge is -2.40. The van der Waals surface area contributed by atoms with Gasteiger partial charge in [0.1, 0.15) is 37.1 Å². The van der Waals surface area contributed by atoms with Crippen molar-refractivity contribution in [2.24, 2.45) is 0 Å². The Labute approximate surface area is 172 Å². The van der Waals surface area contributed by atoms with Crippen molar-refractivity contribution in [1.82, 2.24) is 0 Å². The van der Waals surface area contributed by atoms with Gasteiger partial charge in [0.2, 0.25) is 0 Å². The largest absolute Gasteiger partial charge is 0.463 e. The van der Waals surface area contributed by atoms with Gasteiger partial charge in [-0.25, -0.2) is 0 Å². The van der Waals surface area contributed by atoms with Crippen LogP contribution in [0, 0.1) is 0 Å². The number of carbonyl (C=O) groups excluding carboxylic acids is 1. The first-order valence-corrected chi connectivity index (χ1v) is 10.7. The zero-order valence-corrected chi connectivity index (χ0v) is 17.3. The molecule has 0 aromatic heterocycles. The van der Waals surface area contributed by atoms with Gasteiger partial charge in [-0.15, -0.1) is 0 Å². The summed E-state index contributed by atoms with van der Waals surface area (Å²) >= 11 is 0. The Balaban J connectivity index is 2.30. The average Bonchev–Trinajstić information content (AvgIpc) is 2.72. The maximum absolute atomic E-state index is 11.9. The summed E-state index contributed by atoms with van der Waals surface area (Å²) in [5, 5.41) is 48.1. The Morgan fingerprint density at radius 3 is 2.07 bits per heavy atom. The van der Waals surface area contributed by atoms with Crippen LogP contribution in [0.25, 0.3) is 0 Å². The number of rotatable bonds is 15. The quantitative estimate of drug-likeness (QED) is 0.185. The molecule has 0 aliphatic carbocycles. The molecule has 172 valence electrons. The van der Waals surface area contributed by atoms with E-state index in [2.05, 4.69) is 6.92 Å². The van der Waals surface area contributed by atoms with Crippen molar-refractivity contribution < 1.29 is 44.5 Å². The average molecular weight is 423 g/mol. The number of esters is 1. The molecule has 0 unspecified atom stereocenters. The highest BCUT2D eigenvalue weighted by Crippen LogP contribution is 2.23. The second kappa shape index (κ2) is 15.1. The van der Waals surface area contributed by atoms with Crippen LogP contribution >= 0.6 is 0 Å². The number of hydrogen-bond donors (Lipinski definition) is 5. The molecule has 1 aliphatic rings. The van der Waals surface area contributed by atoms with Gasteiger partial charge in [-0.05, 0) is 6.42 Å². The van der Waals surface area contributed by atoms with E-state index >= 15 is 0 Å². The van der Waals surface area contributed by atoms with Gasteiger partial charge >= 0.3 is 5.97 Å². The van der Waals surface area contributed by atoms with Crippen molar-refractivity contribution in [3.63, 3.8) is 0 Å². The van der Waals surface area contributed by atoms with E-state index in [9.17, 15) is 20.1 Å². The maximum Gasteiger partial charge on any atom is 0.305 e. The highest BCUT2D eigenvalue weighted by molar-refractivity contribution is 5.69. The first-order valence-electron chi connectivity index (χ1n) is 10.7. The number of carbonyl (C=O) groups is 1. The molecule has 0 radical (unpaired) electrons. The Morgan fingerprint density at radius 1 is 0.897 bits per heavy atom. The van der Waals surface area contributed by atoms with Crippen molar-refractivity contribution >= 4 is 5.97 Å². The summed E-state index contributed by atoms with van der Waals surface area (Å²) in [5.41, 5.74) is 0. The Morgan fingerprint density at radius 2 is 1.48 bits per heavy atom. The van der Waals surface area contributed by atoms with E-state index in [1.165, 1.54) is 32.1 Å². The van der Waals surface area contributed by atoms with Gasteiger partial charge in [-0.3, -0.25) is 4.79 Å². The predicted octanol–water partition coefficient (Wildman–Crippen LogP) is 0.238. The third-order valence-electron chi connectivity index (χ3n) is 5.05. The summed E-state index contributed by atoms with van der Waals surface area (Å²) in [6, 6.07) is 0. The van der Waals surface area contributed by atoms with Crippen LogP contribution in [0.1, 0.15) is 64.7 Å². The third kappa shape index (κ3) is 9.69. The standard InChI is InChI=1S/C20H38O9/c1-2-3-4-5-6-7-8-9-10-16(23)27-13-15-17(24)18(25)19(26)20(29-15)28-14(11-21)12-22/h14-15,17-22,24-26H,2-13H2,1H3/t15-,17+,18+,19-,20-/m1/s1. The molecule has 1 aliphatic heterocycles. The van der Waals surface area contributed by atoms with E-state index in [0.717, 1.165) is 19.3 Å². The summed E-state index contributed by atoms with van der Waals surface area (Å²) in [6.07, 6.45) is 1.04. The highest BCUT2D eigenvalue weighted by atomic mass is 16.7. The molecule has 1 fully saturated rings. The third-order valence-corrected chi connectivity index (χ3v) is 5.05.